The first-order chi connectivity index (χ1) is 14.7. The van der Waals surface area contributed by atoms with E-state index in [0.29, 0.717) is 32.9 Å². The molecule has 1 aliphatic heterocycles. The molecule has 2 rings (SSSR count). The van der Waals surface area contributed by atoms with Gasteiger partial charge >= 0.3 is 0 Å². The molecule has 1 aliphatic rings. The summed E-state index contributed by atoms with van der Waals surface area (Å²) in [6.07, 6.45) is 4.15. The third-order valence-electron chi connectivity index (χ3n) is 4.95. The normalized spacial score (nSPS) is 14.9. The van der Waals surface area contributed by atoms with Crippen LogP contribution in [0.2, 0.25) is 0 Å². The maximum atomic E-state index is 5.61. The highest BCUT2D eigenvalue weighted by Crippen LogP contribution is 2.15. The minimum atomic E-state index is 0. The third kappa shape index (κ3) is 11.9. The van der Waals surface area contributed by atoms with Gasteiger partial charge < -0.3 is 29.9 Å². The number of hydrogen-bond acceptors (Lipinski definition) is 6. The van der Waals surface area contributed by atoms with Gasteiger partial charge in [0, 0.05) is 52.1 Å². The van der Waals surface area contributed by atoms with E-state index in [1.165, 1.54) is 0 Å². The zero-order valence-corrected chi connectivity index (χ0v) is 21.8. The first-order valence-electron chi connectivity index (χ1n) is 11.3. The molecular weight excluding hydrogens is 507 g/mol. The van der Waals surface area contributed by atoms with Crippen LogP contribution < -0.4 is 15.5 Å². The number of guanidine groups is 1. The van der Waals surface area contributed by atoms with Crippen molar-refractivity contribution in [3.8, 4) is 0 Å². The number of rotatable bonds is 13. The van der Waals surface area contributed by atoms with E-state index in [0.717, 1.165) is 69.5 Å². The molecule has 0 aliphatic carbocycles. The molecule has 0 atom stereocenters. The predicted molar refractivity (Wildman–Crippen MR) is 139 cm³/mol. The van der Waals surface area contributed by atoms with Crippen LogP contribution in [0.15, 0.2) is 23.3 Å². The van der Waals surface area contributed by atoms with Crippen molar-refractivity contribution in [2.75, 3.05) is 77.6 Å². The number of piperazine rings is 1. The molecule has 0 aromatic carbocycles. The van der Waals surface area contributed by atoms with Gasteiger partial charge in [0.2, 0.25) is 0 Å². The molecule has 0 unspecified atom stereocenters. The molecule has 2 heterocycles. The molecule has 1 aromatic heterocycles. The average molecular weight is 549 g/mol. The molecular formula is C22H41IN6O2. The predicted octanol–water partition coefficient (Wildman–Crippen LogP) is 2.34. The van der Waals surface area contributed by atoms with Crippen molar-refractivity contribution in [1.29, 1.82) is 0 Å². The van der Waals surface area contributed by atoms with Crippen LogP contribution in [0, 0.1) is 0 Å². The van der Waals surface area contributed by atoms with Gasteiger partial charge in [-0.15, -0.1) is 24.0 Å². The van der Waals surface area contributed by atoms with Crippen LogP contribution in [-0.4, -0.2) is 88.6 Å². The minimum Gasteiger partial charge on any atom is -0.379 e. The lowest BCUT2D eigenvalue weighted by atomic mass is 10.2. The molecule has 0 amide bonds. The zero-order chi connectivity index (χ0) is 21.4. The van der Waals surface area contributed by atoms with Crippen LogP contribution in [0.5, 0.6) is 0 Å². The number of hydrogen-bond donors (Lipinski definition) is 2. The number of likely N-dealkylation sites (N-methyl/N-ethyl adjacent to an activating group) is 1. The molecule has 1 aromatic rings. The summed E-state index contributed by atoms with van der Waals surface area (Å²) in [5, 5.41) is 6.61. The molecule has 0 spiro atoms. The van der Waals surface area contributed by atoms with Crippen LogP contribution in [-0.2, 0) is 16.0 Å². The van der Waals surface area contributed by atoms with Crippen LogP contribution >= 0.6 is 24.0 Å². The smallest absolute Gasteiger partial charge is 0.191 e. The van der Waals surface area contributed by atoms with Gasteiger partial charge in [-0.2, -0.15) is 0 Å². The monoisotopic (exact) mass is 548 g/mol. The Morgan fingerprint density at radius 2 is 1.81 bits per heavy atom. The van der Waals surface area contributed by atoms with Crippen molar-refractivity contribution in [2.24, 2.45) is 4.99 Å². The quantitative estimate of drug-likeness (QED) is 0.170. The number of pyridine rings is 1. The van der Waals surface area contributed by atoms with Gasteiger partial charge in [0.25, 0.3) is 0 Å². The van der Waals surface area contributed by atoms with Gasteiger partial charge in [0.1, 0.15) is 5.82 Å². The highest BCUT2D eigenvalue weighted by molar-refractivity contribution is 14.0. The molecule has 0 radical (unpaired) electrons. The summed E-state index contributed by atoms with van der Waals surface area (Å²) in [5.41, 5.74) is 1.16. The first-order valence-corrected chi connectivity index (χ1v) is 11.3. The highest BCUT2D eigenvalue weighted by atomic mass is 127. The lowest BCUT2D eigenvalue weighted by Gasteiger charge is -2.33. The average Bonchev–Trinajstić information content (AvgIpc) is 2.77. The van der Waals surface area contributed by atoms with Gasteiger partial charge in [-0.05, 0) is 38.1 Å². The van der Waals surface area contributed by atoms with Crippen LogP contribution in [0.25, 0.3) is 0 Å². The van der Waals surface area contributed by atoms with Crippen molar-refractivity contribution in [3.63, 3.8) is 0 Å². The Kier molecular flexibility index (Phi) is 15.6. The van der Waals surface area contributed by atoms with Gasteiger partial charge in [-0.3, -0.25) is 0 Å². The molecule has 0 saturated carbocycles. The van der Waals surface area contributed by atoms with Crippen molar-refractivity contribution in [2.45, 2.75) is 33.2 Å². The van der Waals surface area contributed by atoms with Crippen molar-refractivity contribution < 1.29 is 9.47 Å². The SMILES string of the molecule is CCCCOCCOCCNC(=NCc1ccnc(N2CCN(C)CC2)c1)NCC.I. The van der Waals surface area contributed by atoms with Crippen molar-refractivity contribution in [1.82, 2.24) is 20.5 Å². The molecule has 9 heteroatoms. The Morgan fingerprint density at radius 1 is 1.06 bits per heavy atom. The molecule has 1 saturated heterocycles. The maximum absolute atomic E-state index is 5.61. The Morgan fingerprint density at radius 3 is 2.52 bits per heavy atom. The summed E-state index contributed by atoms with van der Waals surface area (Å²) < 4.78 is 11.1. The standard InChI is InChI=1S/C22H40N6O2.HI/c1-4-6-14-29-16-17-30-15-9-25-22(23-5-2)26-19-20-7-8-24-21(18-20)28-12-10-27(3)11-13-28;/h7-8,18H,4-6,9-17,19H2,1-3H3,(H2,23,25,26);1H. The number of nitrogens with zero attached hydrogens (tertiary/aromatic N) is 4. The number of ether oxygens (including phenoxy) is 2. The zero-order valence-electron chi connectivity index (χ0n) is 19.4. The van der Waals surface area contributed by atoms with Gasteiger partial charge in [-0.1, -0.05) is 13.3 Å². The number of halogens is 1. The topological polar surface area (TPSA) is 74.2 Å². The van der Waals surface area contributed by atoms with E-state index in [1.54, 1.807) is 0 Å². The summed E-state index contributed by atoms with van der Waals surface area (Å²) in [5.74, 6) is 1.85. The number of aromatic nitrogens is 1. The van der Waals surface area contributed by atoms with E-state index in [-0.39, 0.29) is 24.0 Å². The summed E-state index contributed by atoms with van der Waals surface area (Å²) in [6.45, 7) is 13.3. The number of nitrogens with one attached hydrogen (secondary N) is 2. The van der Waals surface area contributed by atoms with E-state index < -0.39 is 0 Å². The minimum absolute atomic E-state index is 0. The number of aliphatic imine (C=N–C) groups is 1. The molecule has 2 N–H and O–H groups in total. The first kappa shape index (κ1) is 27.9. The fraction of sp³-hybridized carbons (Fsp3) is 0.727. The van der Waals surface area contributed by atoms with Crippen LogP contribution in [0.3, 0.4) is 0 Å². The van der Waals surface area contributed by atoms with E-state index in [2.05, 4.69) is 52.4 Å². The second-order valence-corrected chi connectivity index (χ2v) is 7.51. The fourth-order valence-corrected chi connectivity index (χ4v) is 3.09. The summed E-state index contributed by atoms with van der Waals surface area (Å²) in [4.78, 5) is 14.0. The Balaban J connectivity index is 0.00000480. The second kappa shape index (κ2) is 17.4. The Hall–Kier alpha value is -1.17. The third-order valence-corrected chi connectivity index (χ3v) is 4.95. The van der Waals surface area contributed by atoms with Gasteiger partial charge in [0.05, 0.1) is 26.4 Å². The molecule has 0 bridgehead atoms. The van der Waals surface area contributed by atoms with Gasteiger partial charge in [-0.25, -0.2) is 9.98 Å². The molecule has 178 valence electrons. The van der Waals surface area contributed by atoms with E-state index in [9.17, 15) is 0 Å². The van der Waals surface area contributed by atoms with Crippen molar-refractivity contribution in [3.05, 3.63) is 23.9 Å². The number of anilines is 1. The second-order valence-electron chi connectivity index (χ2n) is 7.51. The van der Waals surface area contributed by atoms with Crippen LogP contribution in [0.1, 0.15) is 32.3 Å². The van der Waals surface area contributed by atoms with E-state index in [1.807, 2.05) is 12.3 Å². The van der Waals surface area contributed by atoms with Crippen LogP contribution in [0.4, 0.5) is 5.82 Å². The van der Waals surface area contributed by atoms with E-state index in [4.69, 9.17) is 14.5 Å². The van der Waals surface area contributed by atoms with E-state index >= 15 is 0 Å². The lowest BCUT2D eigenvalue weighted by Crippen LogP contribution is -2.44. The summed E-state index contributed by atoms with van der Waals surface area (Å²) in [7, 11) is 2.16. The highest BCUT2D eigenvalue weighted by Gasteiger charge is 2.15. The molecule has 8 nitrogen and oxygen atoms in total. The lowest BCUT2D eigenvalue weighted by molar-refractivity contribution is 0.0487. The molecule has 31 heavy (non-hydrogen) atoms. The Bertz CT molecular complexity index is 611. The summed E-state index contributed by atoms with van der Waals surface area (Å²) >= 11 is 0. The fourth-order valence-electron chi connectivity index (χ4n) is 3.09. The Labute approximate surface area is 205 Å². The van der Waals surface area contributed by atoms with Crippen molar-refractivity contribution >= 4 is 35.8 Å². The largest absolute Gasteiger partial charge is 0.379 e. The summed E-state index contributed by atoms with van der Waals surface area (Å²) in [6, 6.07) is 4.19. The number of unbranched alkanes of at least 4 members (excludes halogenated alkanes) is 1. The van der Waals surface area contributed by atoms with Gasteiger partial charge in [0.15, 0.2) is 5.96 Å². The maximum Gasteiger partial charge on any atom is 0.191 e. The molecule has 1 fully saturated rings.